The molecule has 0 bridgehead atoms. The number of hydrogen-bond donors (Lipinski definition) is 1. The van der Waals surface area contributed by atoms with Gasteiger partial charge in [0.1, 0.15) is 6.04 Å². The van der Waals surface area contributed by atoms with Gasteiger partial charge in [-0.1, -0.05) is 0 Å². The Morgan fingerprint density at radius 2 is 2.11 bits per heavy atom. The second-order valence-electron chi connectivity index (χ2n) is 7.19. The zero-order chi connectivity index (χ0) is 18.9. The van der Waals surface area contributed by atoms with E-state index in [1.165, 1.54) is 23.4 Å². The fourth-order valence-electron chi connectivity index (χ4n) is 3.83. The number of pyridine rings is 1. The lowest BCUT2D eigenvalue weighted by atomic mass is 10.0. The van der Waals surface area contributed by atoms with E-state index in [2.05, 4.69) is 15.4 Å². The standard InChI is InChI=1S/C20H21N5O2S/c26-19-8-7-14(13-4-3-9-21-10-13)24-25(19)17-12-27-11-16(17)23-20-22-15-5-1-2-6-18(15)28-20/h3-4,7-10,16-17H,1-2,5-6,11-12H2,(H,22,23). The fourth-order valence-corrected chi connectivity index (χ4v) is 4.94. The summed E-state index contributed by atoms with van der Waals surface area (Å²) < 4.78 is 7.24. The number of ether oxygens (including phenoxy) is 1. The summed E-state index contributed by atoms with van der Waals surface area (Å²) in [5, 5.41) is 9.03. The minimum absolute atomic E-state index is 0.0399. The summed E-state index contributed by atoms with van der Waals surface area (Å²) in [7, 11) is 0. The average molecular weight is 395 g/mol. The Balaban J connectivity index is 1.42. The van der Waals surface area contributed by atoms with Crippen LogP contribution >= 0.6 is 11.3 Å². The molecule has 8 heteroatoms. The molecule has 28 heavy (non-hydrogen) atoms. The fraction of sp³-hybridized carbons (Fsp3) is 0.400. The normalized spacial score (nSPS) is 21.4. The first kappa shape index (κ1) is 17.5. The summed E-state index contributed by atoms with van der Waals surface area (Å²) in [5.74, 6) is 0. The number of hydrogen-bond acceptors (Lipinski definition) is 7. The van der Waals surface area contributed by atoms with Gasteiger partial charge in [-0.15, -0.1) is 11.3 Å². The molecule has 1 aliphatic heterocycles. The van der Waals surface area contributed by atoms with E-state index in [0.29, 0.717) is 13.2 Å². The molecule has 5 rings (SSSR count). The summed E-state index contributed by atoms with van der Waals surface area (Å²) in [4.78, 5) is 22.8. The molecule has 0 spiro atoms. The summed E-state index contributed by atoms with van der Waals surface area (Å²) >= 11 is 1.73. The highest BCUT2D eigenvalue weighted by Gasteiger charge is 2.32. The highest BCUT2D eigenvalue weighted by atomic mass is 32.1. The molecule has 0 aromatic carbocycles. The molecule has 2 atom stereocenters. The number of aryl methyl sites for hydroxylation is 2. The molecule has 3 aromatic heterocycles. The SMILES string of the molecule is O=c1ccc(-c2cccnc2)nn1C1COCC1Nc1nc2c(s1)CCCC2. The number of thiazole rings is 1. The van der Waals surface area contributed by atoms with Crippen LogP contribution in [-0.4, -0.2) is 39.0 Å². The maximum absolute atomic E-state index is 12.5. The first-order chi connectivity index (χ1) is 13.8. The van der Waals surface area contributed by atoms with E-state index >= 15 is 0 Å². The predicted molar refractivity (Wildman–Crippen MR) is 108 cm³/mol. The molecule has 0 amide bonds. The lowest BCUT2D eigenvalue weighted by molar-refractivity contribution is 0.183. The van der Waals surface area contributed by atoms with Crippen LogP contribution in [0, 0.1) is 0 Å². The number of nitrogens with one attached hydrogen (secondary N) is 1. The molecule has 1 fully saturated rings. The Morgan fingerprint density at radius 1 is 1.18 bits per heavy atom. The molecule has 2 aliphatic rings. The Labute approximate surface area is 166 Å². The van der Waals surface area contributed by atoms with Crippen LogP contribution in [0.3, 0.4) is 0 Å². The number of nitrogens with zero attached hydrogens (tertiary/aromatic N) is 4. The van der Waals surface area contributed by atoms with Crippen molar-refractivity contribution in [2.45, 2.75) is 37.8 Å². The summed E-state index contributed by atoms with van der Waals surface area (Å²) in [5.41, 5.74) is 2.70. The van der Waals surface area contributed by atoms with Gasteiger partial charge in [0.15, 0.2) is 5.13 Å². The minimum atomic E-state index is -0.176. The number of aromatic nitrogens is 4. The van der Waals surface area contributed by atoms with Crippen molar-refractivity contribution in [2.24, 2.45) is 0 Å². The molecule has 7 nitrogen and oxygen atoms in total. The Morgan fingerprint density at radius 3 is 2.96 bits per heavy atom. The smallest absolute Gasteiger partial charge is 0.267 e. The van der Waals surface area contributed by atoms with Crippen molar-refractivity contribution >= 4 is 16.5 Å². The van der Waals surface area contributed by atoms with Crippen LogP contribution in [0.5, 0.6) is 0 Å². The van der Waals surface area contributed by atoms with Crippen LogP contribution in [0.2, 0.25) is 0 Å². The van der Waals surface area contributed by atoms with Crippen LogP contribution in [0.1, 0.15) is 29.5 Å². The van der Waals surface area contributed by atoms with Crippen LogP contribution < -0.4 is 10.9 Å². The van der Waals surface area contributed by atoms with E-state index in [4.69, 9.17) is 9.72 Å². The van der Waals surface area contributed by atoms with Gasteiger partial charge in [-0.2, -0.15) is 5.10 Å². The third kappa shape index (κ3) is 3.33. The predicted octanol–water partition coefficient (Wildman–Crippen LogP) is 2.69. The number of fused-ring (bicyclic) bond motifs is 1. The van der Waals surface area contributed by atoms with Crippen LogP contribution in [0.15, 0.2) is 41.5 Å². The molecule has 1 saturated heterocycles. The van der Waals surface area contributed by atoms with Gasteiger partial charge in [-0.05, 0) is 43.9 Å². The zero-order valence-electron chi connectivity index (χ0n) is 15.4. The highest BCUT2D eigenvalue weighted by Crippen LogP contribution is 2.31. The second-order valence-corrected chi connectivity index (χ2v) is 8.28. The first-order valence-electron chi connectivity index (χ1n) is 9.61. The van der Waals surface area contributed by atoms with Crippen molar-refractivity contribution in [3.63, 3.8) is 0 Å². The van der Waals surface area contributed by atoms with Gasteiger partial charge in [-0.3, -0.25) is 9.78 Å². The monoisotopic (exact) mass is 395 g/mol. The molecule has 1 N–H and O–H groups in total. The van der Waals surface area contributed by atoms with Crippen molar-refractivity contribution < 1.29 is 4.74 Å². The van der Waals surface area contributed by atoms with Crippen molar-refractivity contribution in [1.29, 1.82) is 0 Å². The van der Waals surface area contributed by atoms with Gasteiger partial charge in [0.2, 0.25) is 0 Å². The molecule has 144 valence electrons. The third-order valence-corrected chi connectivity index (χ3v) is 6.39. The number of anilines is 1. The Bertz CT molecular complexity index is 1010. The van der Waals surface area contributed by atoms with E-state index in [0.717, 1.165) is 29.2 Å². The van der Waals surface area contributed by atoms with Gasteiger partial charge in [0.05, 0.1) is 30.6 Å². The molecule has 1 aliphatic carbocycles. The molecule has 2 unspecified atom stereocenters. The van der Waals surface area contributed by atoms with Gasteiger partial charge in [-0.25, -0.2) is 9.67 Å². The minimum Gasteiger partial charge on any atom is -0.377 e. The van der Waals surface area contributed by atoms with Crippen molar-refractivity contribution in [1.82, 2.24) is 19.7 Å². The third-order valence-electron chi connectivity index (χ3n) is 5.30. The Hall–Kier alpha value is -2.58. The van der Waals surface area contributed by atoms with Crippen LogP contribution in [0.4, 0.5) is 5.13 Å². The van der Waals surface area contributed by atoms with Crippen molar-refractivity contribution in [2.75, 3.05) is 18.5 Å². The summed E-state index contributed by atoms with van der Waals surface area (Å²) in [6.45, 7) is 0.978. The molecule has 0 saturated carbocycles. The first-order valence-corrected chi connectivity index (χ1v) is 10.4. The topological polar surface area (TPSA) is 81.9 Å². The van der Waals surface area contributed by atoms with Gasteiger partial charge in [0.25, 0.3) is 5.56 Å². The van der Waals surface area contributed by atoms with E-state index in [9.17, 15) is 4.79 Å². The van der Waals surface area contributed by atoms with Crippen molar-refractivity contribution in [3.8, 4) is 11.3 Å². The number of rotatable bonds is 4. The quantitative estimate of drug-likeness (QED) is 0.731. The average Bonchev–Trinajstić information content (AvgIpc) is 3.35. The van der Waals surface area contributed by atoms with Crippen LogP contribution in [-0.2, 0) is 17.6 Å². The summed E-state index contributed by atoms with van der Waals surface area (Å²) in [6.07, 6.45) is 8.10. The van der Waals surface area contributed by atoms with E-state index in [-0.39, 0.29) is 17.6 Å². The lowest BCUT2D eigenvalue weighted by Gasteiger charge is -2.20. The zero-order valence-corrected chi connectivity index (χ0v) is 16.2. The largest absolute Gasteiger partial charge is 0.377 e. The van der Waals surface area contributed by atoms with E-state index < -0.39 is 0 Å². The maximum Gasteiger partial charge on any atom is 0.267 e. The van der Waals surface area contributed by atoms with E-state index in [1.807, 2.05) is 12.1 Å². The van der Waals surface area contributed by atoms with Crippen molar-refractivity contribution in [3.05, 3.63) is 57.6 Å². The maximum atomic E-state index is 12.5. The van der Waals surface area contributed by atoms with E-state index in [1.54, 1.807) is 40.5 Å². The Kier molecular flexibility index (Phi) is 4.66. The molecule has 3 aromatic rings. The van der Waals surface area contributed by atoms with Crippen LogP contribution in [0.25, 0.3) is 11.3 Å². The molecular weight excluding hydrogens is 374 g/mol. The van der Waals surface area contributed by atoms with Gasteiger partial charge < -0.3 is 10.1 Å². The summed E-state index contributed by atoms with van der Waals surface area (Å²) in [6, 6.07) is 6.88. The van der Waals surface area contributed by atoms with Gasteiger partial charge in [0, 0.05) is 28.9 Å². The molecule has 0 radical (unpaired) electrons. The highest BCUT2D eigenvalue weighted by molar-refractivity contribution is 7.15. The lowest BCUT2D eigenvalue weighted by Crippen LogP contribution is -2.37. The molecular formula is C20H21N5O2S. The second kappa shape index (κ2) is 7.44. The van der Waals surface area contributed by atoms with Gasteiger partial charge >= 0.3 is 0 Å². The molecule has 4 heterocycles.